The van der Waals surface area contributed by atoms with Crippen molar-refractivity contribution in [2.45, 2.75) is 44.1 Å². The number of piperidine rings is 1. The molecule has 0 amide bonds. The first-order valence-electron chi connectivity index (χ1n) is 7.99. The van der Waals surface area contributed by atoms with Gasteiger partial charge in [-0.05, 0) is 31.4 Å². The van der Waals surface area contributed by atoms with Crippen LogP contribution in [0, 0.1) is 0 Å². The van der Waals surface area contributed by atoms with Gasteiger partial charge >= 0.3 is 0 Å². The molecule has 1 aromatic heterocycles. The van der Waals surface area contributed by atoms with Gasteiger partial charge in [0.1, 0.15) is 0 Å². The van der Waals surface area contributed by atoms with Crippen molar-refractivity contribution in [3.05, 3.63) is 42.1 Å². The molecule has 0 radical (unpaired) electrons. The summed E-state index contributed by atoms with van der Waals surface area (Å²) in [5.41, 5.74) is 1.43. The van der Waals surface area contributed by atoms with Crippen LogP contribution in [-0.4, -0.2) is 41.5 Å². The van der Waals surface area contributed by atoms with Crippen molar-refractivity contribution in [3.63, 3.8) is 0 Å². The number of sulfonamides is 1. The van der Waals surface area contributed by atoms with Crippen LogP contribution in [-0.2, 0) is 15.8 Å². The molecule has 2 atom stereocenters. The van der Waals surface area contributed by atoms with Crippen molar-refractivity contribution in [1.29, 1.82) is 0 Å². The van der Waals surface area contributed by atoms with E-state index >= 15 is 0 Å². The summed E-state index contributed by atoms with van der Waals surface area (Å²) in [7, 11) is -3.49. The Morgan fingerprint density at radius 2 is 2.09 bits per heavy atom. The Labute approximate surface area is 137 Å². The third kappa shape index (κ3) is 3.39. The summed E-state index contributed by atoms with van der Waals surface area (Å²) < 4.78 is 27.3. The van der Waals surface area contributed by atoms with Gasteiger partial charge < -0.3 is 5.11 Å². The Balaban J connectivity index is 1.93. The molecule has 2 unspecified atom stereocenters. The molecule has 2 heterocycles. The van der Waals surface area contributed by atoms with Crippen LogP contribution in [0.4, 0.5) is 0 Å². The van der Waals surface area contributed by atoms with Gasteiger partial charge in [-0.25, -0.2) is 8.42 Å². The molecule has 0 saturated carbocycles. The lowest BCUT2D eigenvalue weighted by atomic mass is 10.0. The average molecular weight is 334 g/mol. The zero-order valence-electron chi connectivity index (χ0n) is 13.2. The predicted octanol–water partition coefficient (Wildman–Crippen LogP) is 2.30. The number of pyridine rings is 1. The lowest BCUT2D eigenvalue weighted by Gasteiger charge is -2.36. The molecule has 1 fully saturated rings. The molecular formula is C17H22N2O3S. The second-order valence-corrected chi connectivity index (χ2v) is 8.08. The second-order valence-electron chi connectivity index (χ2n) is 6.16. The molecule has 1 N–H and O–H groups in total. The zero-order chi connectivity index (χ0) is 16.4. The van der Waals surface area contributed by atoms with E-state index in [2.05, 4.69) is 4.98 Å². The number of nitrogens with zero attached hydrogens (tertiary/aromatic N) is 2. The summed E-state index contributed by atoms with van der Waals surface area (Å²) in [5, 5.41) is 10.9. The minimum Gasteiger partial charge on any atom is -0.392 e. The lowest BCUT2D eigenvalue weighted by molar-refractivity contribution is 0.0830. The van der Waals surface area contributed by atoms with Crippen LogP contribution in [0.3, 0.4) is 0 Å². The summed E-state index contributed by atoms with van der Waals surface area (Å²) in [6, 6.07) is 9.05. The highest BCUT2D eigenvalue weighted by Crippen LogP contribution is 2.26. The van der Waals surface area contributed by atoms with Crippen LogP contribution in [0.5, 0.6) is 0 Å². The number of hydrogen-bond acceptors (Lipinski definition) is 4. The van der Waals surface area contributed by atoms with E-state index in [4.69, 9.17) is 0 Å². The Morgan fingerprint density at radius 3 is 2.87 bits per heavy atom. The molecule has 1 aromatic carbocycles. The minimum atomic E-state index is -3.49. The molecule has 0 spiro atoms. The zero-order valence-corrected chi connectivity index (χ0v) is 14.0. The fraction of sp³-hybridized carbons (Fsp3) is 0.471. The highest BCUT2D eigenvalue weighted by atomic mass is 32.2. The van der Waals surface area contributed by atoms with E-state index in [9.17, 15) is 13.5 Å². The number of aromatic nitrogens is 1. The first-order valence-corrected chi connectivity index (χ1v) is 9.60. The van der Waals surface area contributed by atoms with Gasteiger partial charge in [-0.1, -0.05) is 30.7 Å². The van der Waals surface area contributed by atoms with Gasteiger partial charge in [0.25, 0.3) is 0 Å². The van der Waals surface area contributed by atoms with Crippen LogP contribution in [0.15, 0.2) is 36.5 Å². The Hall–Kier alpha value is -1.50. The van der Waals surface area contributed by atoms with Gasteiger partial charge in [0.2, 0.25) is 10.0 Å². The highest BCUT2D eigenvalue weighted by molar-refractivity contribution is 7.88. The molecule has 23 heavy (non-hydrogen) atoms. The van der Waals surface area contributed by atoms with Crippen LogP contribution < -0.4 is 0 Å². The van der Waals surface area contributed by atoms with Crippen LogP contribution in [0.25, 0.3) is 10.9 Å². The average Bonchev–Trinajstić information content (AvgIpc) is 2.55. The quantitative estimate of drug-likeness (QED) is 0.931. The third-order valence-electron chi connectivity index (χ3n) is 4.47. The second kappa shape index (κ2) is 6.55. The molecule has 0 aliphatic carbocycles. The topological polar surface area (TPSA) is 70.5 Å². The number of rotatable bonds is 4. The normalized spacial score (nSPS) is 21.4. The van der Waals surface area contributed by atoms with Gasteiger partial charge in [-0.2, -0.15) is 4.31 Å². The van der Waals surface area contributed by atoms with Crippen molar-refractivity contribution in [3.8, 4) is 0 Å². The maximum absolute atomic E-state index is 12.9. The number of fused-ring (bicyclic) bond motifs is 1. The fourth-order valence-corrected chi connectivity index (χ4v) is 5.21. The monoisotopic (exact) mass is 334 g/mol. The number of aliphatic hydroxyl groups is 1. The lowest BCUT2D eigenvalue weighted by Crippen LogP contribution is -2.49. The van der Waals surface area contributed by atoms with Gasteiger partial charge in [-0.15, -0.1) is 0 Å². The van der Waals surface area contributed by atoms with E-state index in [1.807, 2.05) is 30.3 Å². The summed E-state index contributed by atoms with van der Waals surface area (Å²) >= 11 is 0. The molecule has 5 nitrogen and oxygen atoms in total. The molecule has 124 valence electrons. The van der Waals surface area contributed by atoms with Crippen molar-refractivity contribution >= 4 is 20.9 Å². The number of hydrogen-bond donors (Lipinski definition) is 1. The summed E-state index contributed by atoms with van der Waals surface area (Å²) in [6.07, 6.45) is 3.53. The largest absolute Gasteiger partial charge is 0.392 e. The molecular weight excluding hydrogens is 312 g/mol. The van der Waals surface area contributed by atoms with E-state index < -0.39 is 16.1 Å². The van der Waals surface area contributed by atoms with Crippen molar-refractivity contribution < 1.29 is 13.5 Å². The van der Waals surface area contributed by atoms with E-state index in [1.165, 1.54) is 4.31 Å². The van der Waals surface area contributed by atoms with Gasteiger partial charge in [0.05, 0.1) is 23.4 Å². The van der Waals surface area contributed by atoms with Crippen molar-refractivity contribution in [2.75, 3.05) is 6.54 Å². The van der Waals surface area contributed by atoms with Crippen molar-refractivity contribution in [2.24, 2.45) is 0 Å². The fourth-order valence-electron chi connectivity index (χ4n) is 3.32. The van der Waals surface area contributed by atoms with E-state index in [-0.39, 0.29) is 11.8 Å². The highest BCUT2D eigenvalue weighted by Gasteiger charge is 2.35. The Bertz CT molecular complexity index is 784. The van der Waals surface area contributed by atoms with E-state index in [0.29, 0.717) is 18.5 Å². The molecule has 1 saturated heterocycles. The van der Waals surface area contributed by atoms with Gasteiger partial charge in [-0.3, -0.25) is 4.98 Å². The van der Waals surface area contributed by atoms with Crippen LogP contribution in [0.2, 0.25) is 0 Å². The first-order chi connectivity index (χ1) is 11.0. The number of benzene rings is 1. The van der Waals surface area contributed by atoms with Gasteiger partial charge in [0, 0.05) is 18.1 Å². The van der Waals surface area contributed by atoms with Crippen LogP contribution >= 0.6 is 0 Å². The van der Waals surface area contributed by atoms with E-state index in [0.717, 1.165) is 23.7 Å². The van der Waals surface area contributed by atoms with Gasteiger partial charge in [0.15, 0.2) is 0 Å². The molecule has 1 aliphatic rings. The standard InChI is InChI=1S/C17H22N2O3S/c1-13(20)16-9-2-3-11-19(16)23(21,22)12-15-7-4-6-14-8-5-10-18-17(14)15/h4-8,10,13,16,20H,2-3,9,11-12H2,1H3. The maximum Gasteiger partial charge on any atom is 0.218 e. The SMILES string of the molecule is CC(O)C1CCCCN1S(=O)(=O)Cc1cccc2cccnc12. The Morgan fingerprint density at radius 1 is 1.30 bits per heavy atom. The summed E-state index contributed by atoms with van der Waals surface area (Å²) in [4.78, 5) is 4.33. The molecule has 1 aliphatic heterocycles. The molecule has 0 bridgehead atoms. The third-order valence-corrected chi connectivity index (χ3v) is 6.31. The molecule has 2 aromatic rings. The molecule has 6 heteroatoms. The van der Waals surface area contributed by atoms with E-state index in [1.54, 1.807) is 13.1 Å². The summed E-state index contributed by atoms with van der Waals surface area (Å²) in [5.74, 6) is -0.0788. The molecule has 3 rings (SSSR count). The number of aliphatic hydroxyl groups excluding tert-OH is 1. The summed E-state index contributed by atoms with van der Waals surface area (Å²) in [6.45, 7) is 2.15. The minimum absolute atomic E-state index is 0.0788. The Kier molecular flexibility index (Phi) is 4.66. The maximum atomic E-state index is 12.9. The predicted molar refractivity (Wildman–Crippen MR) is 90.4 cm³/mol. The first kappa shape index (κ1) is 16.4. The van der Waals surface area contributed by atoms with Crippen molar-refractivity contribution in [1.82, 2.24) is 9.29 Å². The number of para-hydroxylation sites is 1. The smallest absolute Gasteiger partial charge is 0.218 e. The van der Waals surface area contributed by atoms with Crippen LogP contribution in [0.1, 0.15) is 31.7 Å².